The summed E-state index contributed by atoms with van der Waals surface area (Å²) in [6.45, 7) is 3.94. The Bertz CT molecular complexity index is 1500. The zero-order valence-electron chi connectivity index (χ0n) is 18.7. The highest BCUT2D eigenvalue weighted by Gasteiger charge is 2.30. The molecule has 1 saturated heterocycles. The lowest BCUT2D eigenvalue weighted by atomic mass is 10.0. The summed E-state index contributed by atoms with van der Waals surface area (Å²) in [6.07, 6.45) is 5.00. The van der Waals surface area contributed by atoms with Gasteiger partial charge in [0.05, 0.1) is 23.9 Å². The van der Waals surface area contributed by atoms with Crippen LogP contribution in [0.15, 0.2) is 54.9 Å². The summed E-state index contributed by atoms with van der Waals surface area (Å²) in [6, 6.07) is 12.4. The minimum Gasteiger partial charge on any atom is -0.349 e. The van der Waals surface area contributed by atoms with Crippen LogP contribution in [0.1, 0.15) is 30.0 Å². The van der Waals surface area contributed by atoms with Crippen LogP contribution in [-0.2, 0) is 4.57 Å². The summed E-state index contributed by atoms with van der Waals surface area (Å²) in [5, 5.41) is 14.3. The first-order chi connectivity index (χ1) is 16.3. The summed E-state index contributed by atoms with van der Waals surface area (Å²) in [5.74, 6) is -0.255. The fraction of sp³-hybridized carbons (Fsp3) is 0.240. The number of nitrogens with zero attached hydrogens (tertiary/aromatic N) is 5. The molecule has 5 rings (SSSR count). The van der Waals surface area contributed by atoms with Crippen molar-refractivity contribution >= 4 is 23.9 Å². The lowest BCUT2D eigenvalue weighted by Crippen LogP contribution is -2.24. The second kappa shape index (κ2) is 8.34. The fourth-order valence-electron chi connectivity index (χ4n) is 4.60. The average Bonchev–Trinajstić information content (AvgIpc) is 3.46. The third kappa shape index (κ3) is 3.86. The van der Waals surface area contributed by atoms with Gasteiger partial charge >= 0.3 is 0 Å². The normalized spacial score (nSPS) is 16.2. The molecule has 2 aromatic carbocycles. The topological polar surface area (TPSA) is 74.3 Å². The summed E-state index contributed by atoms with van der Waals surface area (Å²) in [5.41, 5.74) is 2.78. The number of hydrogen-bond acceptors (Lipinski definition) is 5. The molecule has 0 N–H and O–H groups in total. The van der Waals surface area contributed by atoms with Crippen LogP contribution >= 0.6 is 7.14 Å². The van der Waals surface area contributed by atoms with Crippen molar-refractivity contribution in [2.45, 2.75) is 18.9 Å². The van der Waals surface area contributed by atoms with Crippen LogP contribution in [0.2, 0.25) is 0 Å². The summed E-state index contributed by atoms with van der Waals surface area (Å²) >= 11 is 0. The molecule has 4 aromatic rings. The number of benzene rings is 2. The molecule has 0 saturated carbocycles. The first-order valence-corrected chi connectivity index (χ1v) is 13.5. The van der Waals surface area contributed by atoms with Crippen LogP contribution in [0.4, 0.5) is 14.6 Å². The van der Waals surface area contributed by atoms with Crippen LogP contribution < -0.4 is 10.2 Å². The molecule has 0 radical (unpaired) electrons. The van der Waals surface area contributed by atoms with Gasteiger partial charge in [0.2, 0.25) is 0 Å². The summed E-state index contributed by atoms with van der Waals surface area (Å²) in [4.78, 5) is 6.82. The SMILES string of the molecule is CP(C)(=O)c1cc(-c2cnn3ccc(N4CCC[C@@H]4c4cc(F)ccc4F)nc23)ccc1C#N. The van der Waals surface area contributed by atoms with Gasteiger partial charge in [-0.25, -0.2) is 18.3 Å². The Balaban J connectivity index is 1.59. The van der Waals surface area contributed by atoms with E-state index < -0.39 is 18.8 Å². The largest absolute Gasteiger partial charge is 0.349 e. The van der Waals surface area contributed by atoms with Crippen molar-refractivity contribution in [3.63, 3.8) is 0 Å². The highest BCUT2D eigenvalue weighted by atomic mass is 31.2. The Hall–Kier alpha value is -3.56. The van der Waals surface area contributed by atoms with Crippen molar-refractivity contribution in [2.75, 3.05) is 24.8 Å². The molecule has 0 aliphatic carbocycles. The first-order valence-electron chi connectivity index (χ1n) is 10.9. The van der Waals surface area contributed by atoms with Crippen molar-refractivity contribution in [2.24, 2.45) is 0 Å². The van der Waals surface area contributed by atoms with Crippen molar-refractivity contribution in [1.82, 2.24) is 14.6 Å². The fourth-order valence-corrected chi connectivity index (χ4v) is 5.75. The molecule has 3 heterocycles. The highest BCUT2D eigenvalue weighted by Crippen LogP contribution is 2.39. The molecule has 9 heteroatoms. The third-order valence-corrected chi connectivity index (χ3v) is 7.76. The van der Waals surface area contributed by atoms with E-state index in [-0.39, 0.29) is 6.04 Å². The molecule has 0 unspecified atom stereocenters. The maximum Gasteiger partial charge on any atom is 0.165 e. The van der Waals surface area contributed by atoms with Crippen LogP contribution in [0, 0.1) is 23.0 Å². The zero-order chi connectivity index (χ0) is 24.0. The van der Waals surface area contributed by atoms with Gasteiger partial charge in [0.1, 0.15) is 24.6 Å². The lowest BCUT2D eigenvalue weighted by Gasteiger charge is -2.26. The maximum absolute atomic E-state index is 14.5. The van der Waals surface area contributed by atoms with Crippen LogP contribution in [0.5, 0.6) is 0 Å². The molecule has 1 fully saturated rings. The van der Waals surface area contributed by atoms with Crippen molar-refractivity contribution < 1.29 is 13.3 Å². The second-order valence-corrected chi connectivity index (χ2v) is 12.0. The molecule has 2 aromatic heterocycles. The molecule has 34 heavy (non-hydrogen) atoms. The van der Waals surface area contributed by atoms with E-state index in [2.05, 4.69) is 11.2 Å². The number of nitriles is 1. The van der Waals surface area contributed by atoms with E-state index in [1.54, 1.807) is 48.4 Å². The Morgan fingerprint density at radius 3 is 2.74 bits per heavy atom. The van der Waals surface area contributed by atoms with Gasteiger partial charge in [-0.05, 0) is 68.1 Å². The molecule has 1 atom stereocenters. The van der Waals surface area contributed by atoms with Crippen LogP contribution in [0.25, 0.3) is 16.8 Å². The standard InChI is InChI=1S/C25H22F2N5OP/c1-34(2,33)23-12-16(5-6-17(23)14-28)20-15-29-32-11-9-24(30-25(20)32)31-10-3-4-22(31)19-13-18(26)7-8-21(19)27/h5-9,11-13,15,22H,3-4,10H2,1-2H3/t22-/m1/s1. The van der Waals surface area contributed by atoms with Crippen LogP contribution in [0.3, 0.4) is 0 Å². The van der Waals surface area contributed by atoms with E-state index >= 15 is 0 Å². The summed E-state index contributed by atoms with van der Waals surface area (Å²) in [7, 11) is -2.68. The number of aromatic nitrogens is 3. The van der Waals surface area contributed by atoms with Gasteiger partial charge in [-0.3, -0.25) is 0 Å². The van der Waals surface area contributed by atoms with E-state index in [9.17, 15) is 18.6 Å². The Labute approximate surface area is 195 Å². The first kappa shape index (κ1) is 22.2. The number of fused-ring (bicyclic) bond motifs is 1. The minimum atomic E-state index is -2.68. The molecular formula is C25H22F2N5OP. The molecule has 0 amide bonds. The van der Waals surface area contributed by atoms with Gasteiger partial charge in [0.25, 0.3) is 0 Å². The van der Waals surface area contributed by atoms with E-state index in [1.807, 2.05) is 11.0 Å². The number of anilines is 1. The molecule has 0 spiro atoms. The molecule has 0 bridgehead atoms. The third-order valence-electron chi connectivity index (χ3n) is 6.23. The van der Waals surface area contributed by atoms with Crippen LogP contribution in [-0.4, -0.2) is 34.5 Å². The molecule has 172 valence electrons. The predicted molar refractivity (Wildman–Crippen MR) is 128 cm³/mol. The highest BCUT2D eigenvalue weighted by molar-refractivity contribution is 7.70. The van der Waals surface area contributed by atoms with E-state index in [4.69, 9.17) is 4.98 Å². The molecule has 1 aliphatic heterocycles. The number of rotatable bonds is 4. The van der Waals surface area contributed by atoms with Gasteiger partial charge in [-0.1, -0.05) is 6.07 Å². The van der Waals surface area contributed by atoms with Crippen molar-refractivity contribution in [1.29, 1.82) is 5.26 Å². The van der Waals surface area contributed by atoms with Gasteiger partial charge < -0.3 is 9.46 Å². The zero-order valence-corrected chi connectivity index (χ0v) is 19.6. The predicted octanol–water partition coefficient (Wildman–Crippen LogP) is 5.14. The summed E-state index contributed by atoms with van der Waals surface area (Å²) < 4.78 is 42.8. The van der Waals surface area contributed by atoms with E-state index in [1.165, 1.54) is 6.07 Å². The number of hydrogen-bond donors (Lipinski definition) is 0. The van der Waals surface area contributed by atoms with Crippen molar-refractivity contribution in [3.05, 3.63) is 77.6 Å². The quantitative estimate of drug-likeness (QED) is 0.381. The molecule has 6 nitrogen and oxygen atoms in total. The monoisotopic (exact) mass is 477 g/mol. The van der Waals surface area contributed by atoms with E-state index in [0.29, 0.717) is 40.9 Å². The number of halogens is 2. The molecule has 1 aliphatic rings. The lowest BCUT2D eigenvalue weighted by molar-refractivity contribution is 0.560. The smallest absolute Gasteiger partial charge is 0.165 e. The van der Waals surface area contributed by atoms with E-state index in [0.717, 1.165) is 29.7 Å². The average molecular weight is 477 g/mol. The minimum absolute atomic E-state index is 0.315. The van der Waals surface area contributed by atoms with Gasteiger partial charge in [0, 0.05) is 29.2 Å². The Morgan fingerprint density at radius 1 is 1.15 bits per heavy atom. The van der Waals surface area contributed by atoms with Gasteiger partial charge in [-0.2, -0.15) is 10.4 Å². The molecular weight excluding hydrogens is 455 g/mol. The van der Waals surface area contributed by atoms with Crippen molar-refractivity contribution in [3.8, 4) is 17.2 Å². The van der Waals surface area contributed by atoms with Gasteiger partial charge in [-0.15, -0.1) is 0 Å². The van der Waals surface area contributed by atoms with Gasteiger partial charge in [0.15, 0.2) is 5.65 Å². The maximum atomic E-state index is 14.5. The Morgan fingerprint density at radius 2 is 1.97 bits per heavy atom. The Kier molecular flexibility index (Phi) is 5.45. The second-order valence-electron chi connectivity index (χ2n) is 8.82.